The first kappa shape index (κ1) is 14.5. The van der Waals surface area contributed by atoms with Gasteiger partial charge in [-0.25, -0.2) is 13.6 Å². The molecule has 2 rings (SSSR count). The van der Waals surface area contributed by atoms with Crippen LogP contribution in [0.15, 0.2) is 47.4 Å². The highest BCUT2D eigenvalue weighted by atomic mass is 32.2. The third-order valence-corrected chi connectivity index (χ3v) is 3.97. The van der Waals surface area contributed by atoms with Gasteiger partial charge in [-0.2, -0.15) is 0 Å². The van der Waals surface area contributed by atoms with E-state index >= 15 is 0 Å². The summed E-state index contributed by atoms with van der Waals surface area (Å²) in [5.74, 6) is 0.0946. The van der Waals surface area contributed by atoms with Gasteiger partial charge < -0.3 is 10.8 Å². The van der Waals surface area contributed by atoms with Crippen LogP contribution in [-0.2, 0) is 16.4 Å². The number of phenols is 1. The largest absolute Gasteiger partial charge is 0.508 e. The van der Waals surface area contributed by atoms with Crippen molar-refractivity contribution in [1.29, 1.82) is 0 Å². The third-order valence-electron chi connectivity index (χ3n) is 3.00. The molecular weight excluding hydrogens is 276 g/mol. The van der Waals surface area contributed by atoms with Gasteiger partial charge in [0.15, 0.2) is 0 Å². The lowest BCUT2D eigenvalue weighted by Gasteiger charge is -2.10. The highest BCUT2D eigenvalue weighted by Gasteiger charge is 2.15. The first-order valence-electron chi connectivity index (χ1n) is 6.07. The standard InChI is InChI=1S/C14H16N2O3S/c15-8-7-10-5-6-11(9-13(10)17)12-3-1-2-4-14(12)20(16,18)19/h1-6,9,17H,7-8,15H2,(H2,16,18,19). The van der Waals surface area contributed by atoms with Gasteiger partial charge in [0.1, 0.15) is 5.75 Å². The van der Waals surface area contributed by atoms with E-state index in [2.05, 4.69) is 0 Å². The molecule has 0 aliphatic heterocycles. The van der Waals surface area contributed by atoms with Crippen LogP contribution >= 0.6 is 0 Å². The Morgan fingerprint density at radius 2 is 1.80 bits per heavy atom. The topological polar surface area (TPSA) is 106 Å². The van der Waals surface area contributed by atoms with Gasteiger partial charge in [-0.1, -0.05) is 30.3 Å². The molecule has 5 nitrogen and oxygen atoms in total. The van der Waals surface area contributed by atoms with E-state index in [0.29, 0.717) is 24.1 Å². The molecule has 106 valence electrons. The van der Waals surface area contributed by atoms with Gasteiger partial charge in [0.2, 0.25) is 10.0 Å². The summed E-state index contributed by atoms with van der Waals surface area (Å²) in [4.78, 5) is 0.0333. The highest BCUT2D eigenvalue weighted by Crippen LogP contribution is 2.30. The molecule has 0 aliphatic carbocycles. The van der Waals surface area contributed by atoms with Crippen LogP contribution in [0.4, 0.5) is 0 Å². The van der Waals surface area contributed by atoms with Crippen molar-refractivity contribution in [2.24, 2.45) is 10.9 Å². The molecule has 20 heavy (non-hydrogen) atoms. The summed E-state index contributed by atoms with van der Waals surface area (Å²) in [5.41, 5.74) is 7.23. The monoisotopic (exact) mass is 292 g/mol. The fourth-order valence-electron chi connectivity index (χ4n) is 2.05. The number of nitrogens with two attached hydrogens (primary N) is 2. The van der Waals surface area contributed by atoms with Crippen molar-refractivity contribution in [1.82, 2.24) is 0 Å². The summed E-state index contributed by atoms with van der Waals surface area (Å²) < 4.78 is 23.2. The fourth-order valence-corrected chi connectivity index (χ4v) is 2.81. The molecule has 0 saturated heterocycles. The number of primary sulfonamides is 1. The second-order valence-electron chi connectivity index (χ2n) is 4.42. The van der Waals surface area contributed by atoms with Crippen LogP contribution in [0, 0.1) is 0 Å². The minimum atomic E-state index is -3.82. The minimum absolute atomic E-state index is 0.0333. The summed E-state index contributed by atoms with van der Waals surface area (Å²) in [5, 5.41) is 15.1. The maximum absolute atomic E-state index is 11.6. The van der Waals surface area contributed by atoms with Crippen molar-refractivity contribution in [2.45, 2.75) is 11.3 Å². The van der Waals surface area contributed by atoms with Crippen LogP contribution < -0.4 is 10.9 Å². The van der Waals surface area contributed by atoms with Gasteiger partial charge in [-0.15, -0.1) is 0 Å². The molecule has 0 bridgehead atoms. The van der Waals surface area contributed by atoms with Gasteiger partial charge >= 0.3 is 0 Å². The smallest absolute Gasteiger partial charge is 0.238 e. The van der Waals surface area contributed by atoms with Crippen LogP contribution in [0.25, 0.3) is 11.1 Å². The second-order valence-corrected chi connectivity index (χ2v) is 5.95. The molecule has 0 unspecified atom stereocenters. The van der Waals surface area contributed by atoms with Crippen molar-refractivity contribution >= 4 is 10.0 Å². The third kappa shape index (κ3) is 2.98. The first-order chi connectivity index (χ1) is 9.43. The number of hydrogen-bond donors (Lipinski definition) is 3. The van der Waals surface area contributed by atoms with Crippen LogP contribution in [0.3, 0.4) is 0 Å². The van der Waals surface area contributed by atoms with Crippen molar-refractivity contribution in [3.63, 3.8) is 0 Å². The molecule has 0 radical (unpaired) electrons. The van der Waals surface area contributed by atoms with E-state index in [1.165, 1.54) is 12.1 Å². The lowest BCUT2D eigenvalue weighted by Crippen LogP contribution is -2.13. The Kier molecular flexibility index (Phi) is 4.08. The number of aromatic hydroxyl groups is 1. The van der Waals surface area contributed by atoms with E-state index in [1.807, 2.05) is 0 Å². The Bertz CT molecular complexity index is 727. The molecule has 0 aliphatic rings. The Balaban J connectivity index is 2.56. The van der Waals surface area contributed by atoms with Crippen molar-refractivity contribution in [2.75, 3.05) is 6.54 Å². The van der Waals surface area contributed by atoms with Crippen molar-refractivity contribution in [3.05, 3.63) is 48.0 Å². The van der Waals surface area contributed by atoms with Gasteiger partial charge in [-0.3, -0.25) is 0 Å². The predicted molar refractivity (Wildman–Crippen MR) is 77.7 cm³/mol. The average molecular weight is 292 g/mol. The van der Waals surface area contributed by atoms with E-state index in [-0.39, 0.29) is 10.6 Å². The van der Waals surface area contributed by atoms with Gasteiger partial charge in [0, 0.05) is 5.56 Å². The Hall–Kier alpha value is -1.89. The quantitative estimate of drug-likeness (QED) is 0.787. The predicted octanol–water partition coefficient (Wildman–Crippen LogP) is 1.21. The Morgan fingerprint density at radius 3 is 2.40 bits per heavy atom. The van der Waals surface area contributed by atoms with Crippen molar-refractivity contribution < 1.29 is 13.5 Å². The number of benzene rings is 2. The molecule has 6 heteroatoms. The SMILES string of the molecule is NCCc1ccc(-c2ccccc2S(N)(=O)=O)cc1O. The molecule has 0 heterocycles. The van der Waals surface area contributed by atoms with Crippen LogP contribution in [0.1, 0.15) is 5.56 Å². The van der Waals surface area contributed by atoms with E-state index in [1.54, 1.807) is 30.3 Å². The summed E-state index contributed by atoms with van der Waals surface area (Å²) >= 11 is 0. The highest BCUT2D eigenvalue weighted by molar-refractivity contribution is 7.89. The van der Waals surface area contributed by atoms with Gasteiger partial charge in [0.05, 0.1) is 4.90 Å². The van der Waals surface area contributed by atoms with Gasteiger partial charge in [-0.05, 0) is 36.2 Å². The molecule has 0 fully saturated rings. The lowest BCUT2D eigenvalue weighted by molar-refractivity contribution is 0.468. The zero-order chi connectivity index (χ0) is 14.8. The molecule has 0 aromatic heterocycles. The minimum Gasteiger partial charge on any atom is -0.508 e. The molecule has 0 amide bonds. The summed E-state index contributed by atoms with van der Waals surface area (Å²) in [7, 11) is -3.82. The number of hydrogen-bond acceptors (Lipinski definition) is 4. The maximum atomic E-state index is 11.6. The molecule has 0 atom stereocenters. The van der Waals surface area contributed by atoms with E-state index in [0.717, 1.165) is 5.56 Å². The molecule has 2 aromatic rings. The molecule has 5 N–H and O–H groups in total. The number of sulfonamides is 1. The van der Waals surface area contributed by atoms with Crippen molar-refractivity contribution in [3.8, 4) is 16.9 Å². The normalized spacial score (nSPS) is 11.5. The Labute approximate surface area is 117 Å². The van der Waals surface area contributed by atoms with Crippen LogP contribution in [0.5, 0.6) is 5.75 Å². The molecule has 0 saturated carbocycles. The van der Waals surface area contributed by atoms with E-state index in [9.17, 15) is 13.5 Å². The van der Waals surface area contributed by atoms with Crippen LogP contribution in [-0.4, -0.2) is 20.1 Å². The zero-order valence-corrected chi connectivity index (χ0v) is 11.6. The van der Waals surface area contributed by atoms with Gasteiger partial charge in [0.25, 0.3) is 0 Å². The summed E-state index contributed by atoms with van der Waals surface area (Å²) in [6.07, 6.45) is 0.558. The average Bonchev–Trinajstić information content (AvgIpc) is 2.40. The zero-order valence-electron chi connectivity index (χ0n) is 10.8. The summed E-state index contributed by atoms with van der Waals surface area (Å²) in [6.45, 7) is 0.431. The number of phenolic OH excluding ortho intramolecular Hbond substituents is 1. The molecule has 2 aromatic carbocycles. The molecular formula is C14H16N2O3S. The lowest BCUT2D eigenvalue weighted by atomic mass is 10.0. The second kappa shape index (κ2) is 5.62. The van der Waals surface area contributed by atoms with E-state index in [4.69, 9.17) is 10.9 Å². The summed E-state index contributed by atoms with van der Waals surface area (Å²) in [6, 6.07) is 11.4. The molecule has 0 spiro atoms. The maximum Gasteiger partial charge on any atom is 0.238 e. The van der Waals surface area contributed by atoms with E-state index < -0.39 is 10.0 Å². The van der Waals surface area contributed by atoms with Crippen LogP contribution in [0.2, 0.25) is 0 Å². The fraction of sp³-hybridized carbons (Fsp3) is 0.143. The first-order valence-corrected chi connectivity index (χ1v) is 7.62. The number of rotatable bonds is 4. The Morgan fingerprint density at radius 1 is 1.10 bits per heavy atom.